The fourth-order valence-electron chi connectivity index (χ4n) is 2.19. The Morgan fingerprint density at radius 2 is 1.80 bits per heavy atom. The standard InChI is InChI=1S/C17H14ClN3O3S/c1-12-6-8-13(9-7-12)21-10-15(19-11-21)17(22)20-25(23,24)16-5-3-2-4-14(16)18/h2-11H,1H3,(H,20,22). The van der Waals surface area contributed by atoms with Gasteiger partial charge in [0, 0.05) is 11.9 Å². The molecule has 0 saturated heterocycles. The molecule has 1 amide bonds. The molecule has 1 heterocycles. The number of sulfonamides is 1. The highest BCUT2D eigenvalue weighted by molar-refractivity contribution is 7.90. The average molecular weight is 376 g/mol. The first kappa shape index (κ1) is 17.2. The lowest BCUT2D eigenvalue weighted by molar-refractivity contribution is 0.0977. The van der Waals surface area contributed by atoms with Crippen molar-refractivity contribution in [3.8, 4) is 5.69 Å². The Balaban J connectivity index is 1.83. The maximum Gasteiger partial charge on any atom is 0.285 e. The van der Waals surface area contributed by atoms with Gasteiger partial charge in [0.25, 0.3) is 15.9 Å². The Kier molecular flexibility index (Phi) is 4.61. The van der Waals surface area contributed by atoms with Gasteiger partial charge in [-0.3, -0.25) is 4.79 Å². The zero-order valence-electron chi connectivity index (χ0n) is 13.2. The van der Waals surface area contributed by atoms with Crippen LogP contribution in [0.25, 0.3) is 5.69 Å². The number of hydrogen-bond acceptors (Lipinski definition) is 4. The predicted molar refractivity (Wildman–Crippen MR) is 94.4 cm³/mol. The molecule has 2 aromatic carbocycles. The molecule has 3 rings (SSSR count). The minimum absolute atomic E-state index is 0.0174. The van der Waals surface area contributed by atoms with Crippen LogP contribution in [0.3, 0.4) is 0 Å². The third kappa shape index (κ3) is 3.72. The van der Waals surface area contributed by atoms with Gasteiger partial charge in [0.1, 0.15) is 16.9 Å². The van der Waals surface area contributed by atoms with Crippen molar-refractivity contribution in [1.82, 2.24) is 14.3 Å². The number of nitrogens with one attached hydrogen (secondary N) is 1. The highest BCUT2D eigenvalue weighted by atomic mass is 35.5. The number of rotatable bonds is 4. The van der Waals surface area contributed by atoms with Crippen molar-refractivity contribution in [2.24, 2.45) is 0 Å². The van der Waals surface area contributed by atoms with Crippen LogP contribution in [0.4, 0.5) is 0 Å². The topological polar surface area (TPSA) is 81.1 Å². The number of amides is 1. The van der Waals surface area contributed by atoms with E-state index in [4.69, 9.17) is 11.6 Å². The van der Waals surface area contributed by atoms with E-state index in [9.17, 15) is 13.2 Å². The van der Waals surface area contributed by atoms with E-state index in [2.05, 4.69) is 4.98 Å². The fraction of sp³-hybridized carbons (Fsp3) is 0.0588. The highest BCUT2D eigenvalue weighted by Gasteiger charge is 2.22. The molecule has 0 aliphatic heterocycles. The lowest BCUT2D eigenvalue weighted by Crippen LogP contribution is -2.31. The lowest BCUT2D eigenvalue weighted by atomic mass is 10.2. The Morgan fingerprint density at radius 1 is 1.12 bits per heavy atom. The summed E-state index contributed by atoms with van der Waals surface area (Å²) in [5.41, 5.74) is 1.90. The van der Waals surface area contributed by atoms with E-state index in [1.807, 2.05) is 35.9 Å². The van der Waals surface area contributed by atoms with E-state index in [-0.39, 0.29) is 15.6 Å². The maximum atomic E-state index is 12.3. The van der Waals surface area contributed by atoms with Crippen LogP contribution < -0.4 is 4.72 Å². The van der Waals surface area contributed by atoms with Crippen LogP contribution in [-0.4, -0.2) is 23.9 Å². The van der Waals surface area contributed by atoms with Gasteiger partial charge in [-0.05, 0) is 31.2 Å². The van der Waals surface area contributed by atoms with Crippen LogP contribution in [0.1, 0.15) is 16.1 Å². The van der Waals surface area contributed by atoms with Gasteiger partial charge < -0.3 is 4.57 Å². The predicted octanol–water partition coefficient (Wildman–Crippen LogP) is 2.95. The second-order valence-electron chi connectivity index (χ2n) is 5.37. The van der Waals surface area contributed by atoms with Crippen molar-refractivity contribution < 1.29 is 13.2 Å². The van der Waals surface area contributed by atoms with Crippen LogP contribution in [-0.2, 0) is 10.0 Å². The normalized spacial score (nSPS) is 11.3. The van der Waals surface area contributed by atoms with Gasteiger partial charge >= 0.3 is 0 Å². The van der Waals surface area contributed by atoms with Gasteiger partial charge in [-0.25, -0.2) is 18.1 Å². The molecule has 0 fully saturated rings. The van der Waals surface area contributed by atoms with E-state index in [1.165, 1.54) is 30.7 Å². The molecule has 8 heteroatoms. The van der Waals surface area contributed by atoms with Crippen molar-refractivity contribution >= 4 is 27.5 Å². The third-order valence-electron chi connectivity index (χ3n) is 3.50. The molecular formula is C17H14ClN3O3S. The molecule has 1 aromatic heterocycles. The lowest BCUT2D eigenvalue weighted by Gasteiger charge is -2.07. The summed E-state index contributed by atoms with van der Waals surface area (Å²) in [6.45, 7) is 1.97. The Morgan fingerprint density at radius 3 is 2.48 bits per heavy atom. The van der Waals surface area contributed by atoms with E-state index in [0.29, 0.717) is 0 Å². The Labute approximate surface area is 150 Å². The Bertz CT molecular complexity index is 1030. The number of imidazole rings is 1. The molecule has 0 aliphatic rings. The second-order valence-corrected chi connectivity index (χ2v) is 7.42. The van der Waals surface area contributed by atoms with Crippen molar-refractivity contribution in [2.45, 2.75) is 11.8 Å². The number of nitrogens with zero attached hydrogens (tertiary/aromatic N) is 2. The second kappa shape index (κ2) is 6.70. The summed E-state index contributed by atoms with van der Waals surface area (Å²) in [5, 5.41) is 0.0352. The minimum Gasteiger partial charge on any atom is -0.305 e. The summed E-state index contributed by atoms with van der Waals surface area (Å²) in [4.78, 5) is 16.0. The van der Waals surface area contributed by atoms with Crippen LogP contribution >= 0.6 is 11.6 Å². The molecule has 0 spiro atoms. The molecule has 0 saturated carbocycles. The van der Waals surface area contributed by atoms with Gasteiger partial charge in [-0.2, -0.15) is 0 Å². The van der Waals surface area contributed by atoms with Crippen molar-refractivity contribution in [3.63, 3.8) is 0 Å². The summed E-state index contributed by atoms with van der Waals surface area (Å²) in [6, 6.07) is 13.5. The quantitative estimate of drug-likeness (QED) is 0.760. The molecule has 1 N–H and O–H groups in total. The number of halogens is 1. The third-order valence-corrected chi connectivity index (χ3v) is 5.33. The van der Waals surface area contributed by atoms with E-state index in [0.717, 1.165) is 11.3 Å². The summed E-state index contributed by atoms with van der Waals surface area (Å²) >= 11 is 5.88. The van der Waals surface area contributed by atoms with Crippen molar-refractivity contribution in [2.75, 3.05) is 0 Å². The highest BCUT2D eigenvalue weighted by Crippen LogP contribution is 2.20. The molecule has 6 nitrogen and oxygen atoms in total. The van der Waals surface area contributed by atoms with Gasteiger partial charge in [0.05, 0.1) is 5.02 Å². The monoisotopic (exact) mass is 375 g/mol. The zero-order valence-corrected chi connectivity index (χ0v) is 14.8. The smallest absolute Gasteiger partial charge is 0.285 e. The van der Waals surface area contributed by atoms with Gasteiger partial charge in [0.15, 0.2) is 0 Å². The van der Waals surface area contributed by atoms with Gasteiger partial charge in [-0.15, -0.1) is 0 Å². The number of hydrogen-bond donors (Lipinski definition) is 1. The molecule has 0 bridgehead atoms. The van der Waals surface area contributed by atoms with Crippen LogP contribution in [0.5, 0.6) is 0 Å². The summed E-state index contributed by atoms with van der Waals surface area (Å²) < 4.78 is 28.2. The minimum atomic E-state index is -4.08. The molecule has 3 aromatic rings. The number of aryl methyl sites for hydroxylation is 1. The number of carbonyl (C=O) groups is 1. The molecule has 25 heavy (non-hydrogen) atoms. The maximum absolute atomic E-state index is 12.3. The first-order valence-corrected chi connectivity index (χ1v) is 9.16. The molecule has 0 radical (unpaired) electrons. The van der Waals surface area contributed by atoms with Crippen molar-refractivity contribution in [1.29, 1.82) is 0 Å². The zero-order chi connectivity index (χ0) is 18.0. The molecule has 0 aliphatic carbocycles. The van der Waals surface area contributed by atoms with Crippen LogP contribution in [0.2, 0.25) is 5.02 Å². The summed E-state index contributed by atoms with van der Waals surface area (Å²) in [7, 11) is -4.08. The number of carbonyl (C=O) groups excluding carboxylic acids is 1. The molecule has 0 unspecified atom stereocenters. The molecular weight excluding hydrogens is 362 g/mol. The van der Waals surface area contributed by atoms with Crippen LogP contribution in [0, 0.1) is 6.92 Å². The number of benzene rings is 2. The molecule has 0 atom stereocenters. The first-order chi connectivity index (χ1) is 11.9. The Hall–Kier alpha value is -2.64. The largest absolute Gasteiger partial charge is 0.305 e. The van der Waals surface area contributed by atoms with Gasteiger partial charge in [-0.1, -0.05) is 41.4 Å². The van der Waals surface area contributed by atoms with Crippen LogP contribution in [0.15, 0.2) is 66.0 Å². The SMILES string of the molecule is Cc1ccc(-n2cnc(C(=O)NS(=O)(=O)c3ccccc3Cl)c2)cc1. The summed E-state index contributed by atoms with van der Waals surface area (Å²) in [6.07, 6.45) is 2.91. The first-order valence-electron chi connectivity index (χ1n) is 7.29. The number of aromatic nitrogens is 2. The average Bonchev–Trinajstić information content (AvgIpc) is 3.05. The van der Waals surface area contributed by atoms with Gasteiger partial charge in [0.2, 0.25) is 0 Å². The fourth-order valence-corrected chi connectivity index (χ4v) is 3.67. The molecule has 128 valence electrons. The van der Waals surface area contributed by atoms with E-state index < -0.39 is 15.9 Å². The summed E-state index contributed by atoms with van der Waals surface area (Å²) in [5.74, 6) is -0.828. The van der Waals surface area contributed by atoms with E-state index in [1.54, 1.807) is 10.6 Å². The van der Waals surface area contributed by atoms with Crippen molar-refractivity contribution in [3.05, 3.63) is 77.3 Å². The van der Waals surface area contributed by atoms with E-state index >= 15 is 0 Å².